The van der Waals surface area contributed by atoms with Gasteiger partial charge >= 0.3 is 23.9 Å². The summed E-state index contributed by atoms with van der Waals surface area (Å²) in [6, 6.07) is 6.26. The summed E-state index contributed by atoms with van der Waals surface area (Å²) in [5.74, 6) is -1.98. The molecule has 0 spiro atoms. The highest BCUT2D eigenvalue weighted by Gasteiger charge is 2.52. The number of esters is 4. The largest absolute Gasteiger partial charge is 0.463 e. The van der Waals surface area contributed by atoms with Gasteiger partial charge in [0.2, 0.25) is 0 Å². The first-order valence-electron chi connectivity index (χ1n) is 22.9. The molecule has 0 aliphatic carbocycles. The van der Waals surface area contributed by atoms with Gasteiger partial charge in [0.05, 0.1) is 23.7 Å². The lowest BCUT2D eigenvalue weighted by Crippen LogP contribution is -2.61. The number of nitrogens with zero attached hydrogens (tertiary/aromatic N) is 2. The highest BCUT2D eigenvalue weighted by atomic mass is 32.2. The molecule has 8 bridgehead atoms. The van der Waals surface area contributed by atoms with Crippen molar-refractivity contribution < 1.29 is 57.5 Å². The topological polar surface area (TPSA) is 218 Å². The van der Waals surface area contributed by atoms with Crippen LogP contribution in [0.25, 0.3) is 39.3 Å². The number of hydrogen-bond acceptors (Lipinski definition) is 16. The Bertz CT molecular complexity index is 2710. The number of aromatic amines is 2. The molecule has 364 valence electrons. The van der Waals surface area contributed by atoms with Crippen LogP contribution in [0.4, 0.5) is 0 Å². The highest BCUT2D eigenvalue weighted by Crippen LogP contribution is 2.46. The van der Waals surface area contributed by atoms with Crippen LogP contribution in [0, 0.1) is 13.8 Å². The predicted octanol–water partition coefficient (Wildman–Crippen LogP) is 8.05. The minimum absolute atomic E-state index is 0.00742. The van der Waals surface area contributed by atoms with E-state index in [-0.39, 0.29) is 36.6 Å². The molecule has 7 heterocycles. The lowest BCUT2D eigenvalue weighted by Gasteiger charge is -2.44. The van der Waals surface area contributed by atoms with E-state index in [0.29, 0.717) is 35.6 Å². The number of carbonyl (C=O) groups is 5. The third-order valence-corrected chi connectivity index (χ3v) is 15.1. The summed E-state index contributed by atoms with van der Waals surface area (Å²) in [6.45, 7) is 19.1. The highest BCUT2D eigenvalue weighted by molar-refractivity contribution is 8.13. The molecule has 18 heteroatoms. The number of aryl methyl sites for hydroxylation is 3. The molecule has 8 atom stereocenters. The van der Waals surface area contributed by atoms with E-state index in [1.807, 2.05) is 19.1 Å². The predicted molar refractivity (Wildman–Crippen MR) is 260 cm³/mol. The zero-order valence-electron chi connectivity index (χ0n) is 39.9. The van der Waals surface area contributed by atoms with Gasteiger partial charge in [-0.25, -0.2) is 4.98 Å². The Hall–Kier alpha value is -5.27. The number of aliphatic hydroxyl groups excluding tert-OH is 1. The number of thioether (sulfide) groups is 2. The number of carbonyl (C=O) groups excluding carboxylic acids is 5. The Balaban J connectivity index is 1.12. The molecule has 0 amide bonds. The molecule has 4 aliphatic heterocycles. The van der Waals surface area contributed by atoms with Crippen LogP contribution in [0.5, 0.6) is 0 Å². The molecule has 3 N–H and O–H groups in total. The van der Waals surface area contributed by atoms with Gasteiger partial charge < -0.3 is 43.5 Å². The number of aromatic nitrogens is 4. The number of hydrogen-bond donors (Lipinski definition) is 3. The quantitative estimate of drug-likeness (QED) is 0.0745. The fourth-order valence-electron chi connectivity index (χ4n) is 9.49. The van der Waals surface area contributed by atoms with E-state index >= 15 is 0 Å². The van der Waals surface area contributed by atoms with Gasteiger partial charge in [0, 0.05) is 96.2 Å². The van der Waals surface area contributed by atoms with Gasteiger partial charge in [-0.1, -0.05) is 38.3 Å². The zero-order chi connectivity index (χ0) is 49.1. The SMILES string of the molecule is C=Cc1c(C)c2cc3nc(c4c5nc(cc6[nH]c(cc1[nH]2)c(C)c6CC)C(C)=C5C(O)OC4)[C@@H](CCC(=O)SCCCS[C@@H]1O[C@H](COC(C)=O)[C@@H](OC(C)=O)[C@H](OC(C)=O)[C@H]1OC(C)=O)[C@@H]3C. The van der Waals surface area contributed by atoms with Crippen LogP contribution in [0.1, 0.15) is 130 Å². The zero-order valence-corrected chi connectivity index (χ0v) is 41.6. The lowest BCUT2D eigenvalue weighted by atomic mass is 9.85. The van der Waals surface area contributed by atoms with Crippen LogP contribution in [0.2, 0.25) is 0 Å². The van der Waals surface area contributed by atoms with Crippen molar-refractivity contribution in [2.45, 2.75) is 143 Å². The first kappa shape index (κ1) is 50.6. The van der Waals surface area contributed by atoms with E-state index in [0.717, 1.165) is 73.4 Å². The fraction of sp³-hybridized carbons (Fsp3) is 0.500. The van der Waals surface area contributed by atoms with Crippen LogP contribution in [0.15, 0.2) is 24.8 Å². The van der Waals surface area contributed by atoms with Crippen molar-refractivity contribution >= 4 is 91.8 Å². The molecule has 3 aromatic heterocycles. The van der Waals surface area contributed by atoms with Gasteiger partial charge in [0.25, 0.3) is 0 Å². The normalized spacial score (nSPS) is 23.2. The molecule has 1 saturated heterocycles. The molecule has 4 aliphatic rings. The number of ether oxygens (including phenoxy) is 6. The fourth-order valence-corrected chi connectivity index (χ4v) is 11.6. The molecule has 0 radical (unpaired) electrons. The average Bonchev–Trinajstić information content (AvgIpc) is 3.96. The molecule has 0 aromatic carbocycles. The van der Waals surface area contributed by atoms with Gasteiger partial charge in [-0.05, 0) is 86.2 Å². The molecule has 16 nitrogen and oxygen atoms in total. The van der Waals surface area contributed by atoms with Gasteiger partial charge in [-0.3, -0.25) is 29.0 Å². The van der Waals surface area contributed by atoms with Crippen LogP contribution < -0.4 is 0 Å². The Morgan fingerprint density at radius 3 is 2.22 bits per heavy atom. The maximum absolute atomic E-state index is 13.7. The Labute approximate surface area is 403 Å². The van der Waals surface area contributed by atoms with Crippen molar-refractivity contribution in [3.8, 4) is 0 Å². The second-order valence-electron chi connectivity index (χ2n) is 17.4. The lowest BCUT2D eigenvalue weighted by molar-refractivity contribution is -0.237. The van der Waals surface area contributed by atoms with Crippen LogP contribution in [-0.4, -0.2) is 108 Å². The number of rotatable bonds is 15. The van der Waals surface area contributed by atoms with Crippen molar-refractivity contribution in [3.63, 3.8) is 0 Å². The first-order chi connectivity index (χ1) is 32.4. The van der Waals surface area contributed by atoms with Gasteiger partial charge in [0.15, 0.2) is 29.7 Å². The molecule has 3 aromatic rings. The Morgan fingerprint density at radius 2 is 1.54 bits per heavy atom. The summed E-state index contributed by atoms with van der Waals surface area (Å²) in [5, 5.41) is 11.2. The molecule has 1 fully saturated rings. The minimum Gasteiger partial charge on any atom is -0.463 e. The smallest absolute Gasteiger partial charge is 0.303 e. The number of aliphatic hydroxyl groups is 1. The van der Waals surface area contributed by atoms with E-state index in [1.165, 1.54) is 56.8 Å². The number of fused-ring (bicyclic) bond motifs is 8. The average molecular weight is 973 g/mol. The van der Waals surface area contributed by atoms with Crippen molar-refractivity contribution in [3.05, 3.63) is 75.4 Å². The second kappa shape index (κ2) is 21.6. The van der Waals surface area contributed by atoms with Gasteiger partial charge in [0.1, 0.15) is 18.1 Å². The standard InChI is InChI=1S/C50H60N4O12S2/c1-11-31-23(3)35-18-37-25(5)33(44(53-37)34-21-62-49(60)43-26(6)38(54-45(34)43)20-40-32(12-2)24(4)36(52-40)19-39(31)51-35)14-15-42(59)67-16-13-17-68-50-48(65-30(10)58)47(64-29(9)57)46(63-28(8)56)41(66-50)22-61-27(7)55/h11,18-20,25,33,41,46-52,60H,1,12-17,21-22H2,2-10H3/t25-,33-,41+,46+,47-,48+,49?,50-/m0/s1. The summed E-state index contributed by atoms with van der Waals surface area (Å²) in [7, 11) is 0. The monoisotopic (exact) mass is 972 g/mol. The van der Waals surface area contributed by atoms with Crippen molar-refractivity contribution in [2.24, 2.45) is 0 Å². The molecule has 0 saturated carbocycles. The van der Waals surface area contributed by atoms with Crippen molar-refractivity contribution in [2.75, 3.05) is 18.1 Å². The van der Waals surface area contributed by atoms with Crippen molar-refractivity contribution in [1.29, 1.82) is 0 Å². The van der Waals surface area contributed by atoms with E-state index < -0.39 is 60.0 Å². The summed E-state index contributed by atoms with van der Waals surface area (Å²) in [5.41, 5.74) is 12.5. The van der Waals surface area contributed by atoms with Gasteiger partial charge in [-0.2, -0.15) is 0 Å². The summed E-state index contributed by atoms with van der Waals surface area (Å²) < 4.78 is 34.1. The molecular formula is C50H60N4O12S2. The Kier molecular flexibility index (Phi) is 16.1. The third-order valence-electron chi connectivity index (χ3n) is 12.9. The minimum atomic E-state index is -1.25. The number of nitrogens with one attached hydrogen (secondary N) is 2. The third kappa shape index (κ3) is 10.8. The number of H-pyrrole nitrogens is 2. The van der Waals surface area contributed by atoms with Crippen LogP contribution in [-0.2, 0) is 65.4 Å². The second-order valence-corrected chi connectivity index (χ2v) is 19.8. The van der Waals surface area contributed by atoms with E-state index in [2.05, 4.69) is 56.4 Å². The first-order valence-corrected chi connectivity index (χ1v) is 24.9. The van der Waals surface area contributed by atoms with Crippen LogP contribution >= 0.6 is 23.5 Å². The summed E-state index contributed by atoms with van der Waals surface area (Å²) in [6.07, 6.45) is -1.82. The molecular weight excluding hydrogens is 913 g/mol. The van der Waals surface area contributed by atoms with E-state index in [9.17, 15) is 29.1 Å². The maximum Gasteiger partial charge on any atom is 0.303 e. The van der Waals surface area contributed by atoms with Crippen molar-refractivity contribution in [1.82, 2.24) is 19.9 Å². The summed E-state index contributed by atoms with van der Waals surface area (Å²) in [4.78, 5) is 79.8. The maximum atomic E-state index is 13.7. The molecule has 68 heavy (non-hydrogen) atoms. The van der Waals surface area contributed by atoms with E-state index in [4.69, 9.17) is 38.4 Å². The van der Waals surface area contributed by atoms with E-state index in [1.54, 1.807) is 0 Å². The Morgan fingerprint density at radius 1 is 0.868 bits per heavy atom. The molecule has 1 unspecified atom stereocenters. The van der Waals surface area contributed by atoms with Gasteiger partial charge in [-0.15, -0.1) is 11.8 Å². The number of allylic oxidation sites excluding steroid dienone is 1. The molecule has 7 rings (SSSR count). The summed E-state index contributed by atoms with van der Waals surface area (Å²) >= 11 is 2.50. The van der Waals surface area contributed by atoms with Crippen LogP contribution in [0.3, 0.4) is 0 Å².